The number of nitro groups is 1. The fourth-order valence-corrected chi connectivity index (χ4v) is 1.38. The fourth-order valence-electron chi connectivity index (χ4n) is 1.38. The molecule has 0 spiro atoms. The van der Waals surface area contributed by atoms with Crippen molar-refractivity contribution in [2.45, 2.75) is 6.92 Å². The Labute approximate surface area is 111 Å². The quantitative estimate of drug-likeness (QED) is 0.623. The van der Waals surface area contributed by atoms with E-state index in [2.05, 4.69) is 5.32 Å². The minimum Gasteiger partial charge on any atom is -0.490 e. The first-order valence-electron chi connectivity index (χ1n) is 5.73. The number of likely N-dealkylation sites (N-methyl/N-ethyl adjacent to an activating group) is 1. The van der Waals surface area contributed by atoms with Gasteiger partial charge in [0, 0.05) is 19.5 Å². The largest absolute Gasteiger partial charge is 0.490 e. The molecule has 104 valence electrons. The minimum atomic E-state index is -0.504. The predicted molar refractivity (Wildman–Crippen MR) is 71.4 cm³/mol. The average molecular weight is 267 g/mol. The first kappa shape index (κ1) is 14.9. The monoisotopic (exact) mass is 267 g/mol. The summed E-state index contributed by atoms with van der Waals surface area (Å²) in [6.07, 6.45) is 0. The Bertz CT molecular complexity index is 474. The molecule has 7 heteroatoms. The maximum absolute atomic E-state index is 11.1. The van der Waals surface area contributed by atoms with Gasteiger partial charge in [-0.3, -0.25) is 14.9 Å². The maximum Gasteiger partial charge on any atom is 0.273 e. The number of rotatable bonds is 6. The highest BCUT2D eigenvalue weighted by atomic mass is 16.6. The lowest BCUT2D eigenvalue weighted by Crippen LogP contribution is -2.20. The number of hydrogen-bond donors (Lipinski definition) is 1. The highest BCUT2D eigenvalue weighted by Gasteiger charge is 2.12. The molecule has 7 nitrogen and oxygen atoms in total. The Morgan fingerprint density at radius 1 is 1.47 bits per heavy atom. The number of nitrogens with one attached hydrogen (secondary N) is 1. The van der Waals surface area contributed by atoms with Gasteiger partial charge in [0.15, 0.2) is 0 Å². The molecule has 1 amide bonds. The van der Waals surface area contributed by atoms with Crippen LogP contribution in [0.5, 0.6) is 5.75 Å². The molecule has 0 unspecified atom stereocenters. The van der Waals surface area contributed by atoms with Crippen LogP contribution in [0.3, 0.4) is 0 Å². The van der Waals surface area contributed by atoms with Crippen LogP contribution in [0.2, 0.25) is 0 Å². The number of nitrogens with zero attached hydrogens (tertiary/aromatic N) is 2. The molecule has 1 aromatic rings. The molecular formula is C12H17N3O4. The van der Waals surface area contributed by atoms with Gasteiger partial charge in [-0.1, -0.05) is 0 Å². The lowest BCUT2D eigenvalue weighted by atomic mass is 10.2. The number of carbonyl (C=O) groups excluding carboxylic acids is 1. The van der Waals surface area contributed by atoms with E-state index in [1.807, 2.05) is 19.0 Å². The van der Waals surface area contributed by atoms with Crippen molar-refractivity contribution < 1.29 is 14.5 Å². The van der Waals surface area contributed by atoms with Crippen LogP contribution in [0.1, 0.15) is 6.92 Å². The zero-order valence-electron chi connectivity index (χ0n) is 11.2. The SMILES string of the molecule is CC(=O)Nc1ccc([N+](=O)[O-])cc1OCCN(C)C. The van der Waals surface area contributed by atoms with Gasteiger partial charge in [-0.15, -0.1) is 0 Å². The maximum atomic E-state index is 11.1. The number of non-ortho nitro benzene ring substituents is 1. The molecule has 1 aromatic carbocycles. The van der Waals surface area contributed by atoms with E-state index in [4.69, 9.17) is 4.74 Å². The Hall–Kier alpha value is -2.15. The molecule has 0 atom stereocenters. The van der Waals surface area contributed by atoms with Crippen molar-refractivity contribution in [3.05, 3.63) is 28.3 Å². The third kappa shape index (κ3) is 4.92. The van der Waals surface area contributed by atoms with Gasteiger partial charge in [0.25, 0.3) is 5.69 Å². The zero-order chi connectivity index (χ0) is 14.4. The first-order valence-corrected chi connectivity index (χ1v) is 5.73. The first-order chi connectivity index (χ1) is 8.90. The second-order valence-electron chi connectivity index (χ2n) is 4.27. The van der Waals surface area contributed by atoms with Crippen LogP contribution in [-0.2, 0) is 4.79 Å². The molecule has 0 aromatic heterocycles. The molecule has 0 fully saturated rings. The number of nitro benzene ring substituents is 1. The van der Waals surface area contributed by atoms with Crippen LogP contribution in [0, 0.1) is 10.1 Å². The van der Waals surface area contributed by atoms with Crippen LogP contribution < -0.4 is 10.1 Å². The normalized spacial score (nSPS) is 10.3. The summed E-state index contributed by atoms with van der Waals surface area (Å²) < 4.78 is 5.48. The third-order valence-electron chi connectivity index (χ3n) is 2.28. The van der Waals surface area contributed by atoms with Crippen molar-refractivity contribution >= 4 is 17.3 Å². The van der Waals surface area contributed by atoms with Crippen LogP contribution >= 0.6 is 0 Å². The molecule has 1 N–H and O–H groups in total. The third-order valence-corrected chi connectivity index (χ3v) is 2.28. The van der Waals surface area contributed by atoms with Crippen molar-refractivity contribution in [1.29, 1.82) is 0 Å². The summed E-state index contributed by atoms with van der Waals surface area (Å²) in [7, 11) is 3.79. The zero-order valence-corrected chi connectivity index (χ0v) is 11.2. The van der Waals surface area contributed by atoms with Crippen LogP contribution in [0.25, 0.3) is 0 Å². The number of carbonyl (C=O) groups is 1. The molecule has 0 heterocycles. The van der Waals surface area contributed by atoms with Gasteiger partial charge in [0.1, 0.15) is 12.4 Å². The molecule has 0 aliphatic carbocycles. The Kier molecular flexibility index (Phi) is 5.25. The summed E-state index contributed by atoms with van der Waals surface area (Å²) in [4.78, 5) is 23.2. The van der Waals surface area contributed by atoms with Gasteiger partial charge in [0.05, 0.1) is 16.7 Å². The van der Waals surface area contributed by atoms with Crippen LogP contribution in [0.4, 0.5) is 11.4 Å². The number of amides is 1. The highest BCUT2D eigenvalue weighted by molar-refractivity contribution is 5.90. The van der Waals surface area contributed by atoms with Gasteiger partial charge in [-0.05, 0) is 20.2 Å². The Morgan fingerprint density at radius 3 is 2.68 bits per heavy atom. The molecular weight excluding hydrogens is 250 g/mol. The van der Waals surface area contributed by atoms with Crippen LogP contribution in [0.15, 0.2) is 18.2 Å². The lowest BCUT2D eigenvalue weighted by Gasteiger charge is -2.14. The summed E-state index contributed by atoms with van der Waals surface area (Å²) in [6, 6.07) is 4.09. The molecule has 0 saturated heterocycles. The molecule has 0 bridgehead atoms. The number of anilines is 1. The van der Waals surface area contributed by atoms with E-state index in [0.717, 1.165) is 0 Å². The highest BCUT2D eigenvalue weighted by Crippen LogP contribution is 2.29. The van der Waals surface area contributed by atoms with E-state index in [9.17, 15) is 14.9 Å². The second-order valence-corrected chi connectivity index (χ2v) is 4.27. The summed E-state index contributed by atoms with van der Waals surface area (Å²) in [5.41, 5.74) is 0.353. The Balaban J connectivity index is 2.90. The fraction of sp³-hybridized carbons (Fsp3) is 0.417. The van der Waals surface area contributed by atoms with Crippen molar-refractivity contribution in [1.82, 2.24) is 4.90 Å². The second kappa shape index (κ2) is 6.69. The molecule has 1 rings (SSSR count). The van der Waals surface area contributed by atoms with E-state index in [0.29, 0.717) is 24.6 Å². The summed E-state index contributed by atoms with van der Waals surface area (Å²) in [6.45, 7) is 2.41. The molecule has 0 aliphatic heterocycles. The van der Waals surface area contributed by atoms with E-state index < -0.39 is 4.92 Å². The number of benzene rings is 1. The smallest absolute Gasteiger partial charge is 0.273 e. The number of hydrogen-bond acceptors (Lipinski definition) is 5. The van der Waals surface area contributed by atoms with Gasteiger partial charge >= 0.3 is 0 Å². The lowest BCUT2D eigenvalue weighted by molar-refractivity contribution is -0.384. The van der Waals surface area contributed by atoms with Crippen molar-refractivity contribution in [2.24, 2.45) is 0 Å². The predicted octanol–water partition coefficient (Wildman–Crippen LogP) is 1.49. The van der Waals surface area contributed by atoms with Gasteiger partial charge in [-0.2, -0.15) is 0 Å². The standard InChI is InChI=1S/C12H17N3O4/c1-9(16)13-11-5-4-10(15(17)18)8-12(11)19-7-6-14(2)3/h4-5,8H,6-7H2,1-3H3,(H,13,16). The van der Waals surface area contributed by atoms with Gasteiger partial charge in [-0.25, -0.2) is 0 Å². The topological polar surface area (TPSA) is 84.7 Å². The van der Waals surface area contributed by atoms with E-state index in [1.165, 1.54) is 25.1 Å². The average Bonchev–Trinajstić information content (AvgIpc) is 2.29. The van der Waals surface area contributed by atoms with E-state index in [1.54, 1.807) is 0 Å². The minimum absolute atomic E-state index is 0.0750. The summed E-state index contributed by atoms with van der Waals surface area (Å²) >= 11 is 0. The molecule has 0 saturated carbocycles. The Morgan fingerprint density at radius 2 is 2.16 bits per heavy atom. The van der Waals surface area contributed by atoms with E-state index >= 15 is 0 Å². The van der Waals surface area contributed by atoms with Crippen molar-refractivity contribution in [3.63, 3.8) is 0 Å². The van der Waals surface area contributed by atoms with Crippen molar-refractivity contribution in [2.75, 3.05) is 32.6 Å². The van der Waals surface area contributed by atoms with Gasteiger partial charge in [0.2, 0.25) is 5.91 Å². The summed E-state index contributed by atoms with van der Waals surface area (Å²) in [5.74, 6) is 0.0394. The summed E-state index contributed by atoms with van der Waals surface area (Å²) in [5, 5.41) is 13.3. The van der Waals surface area contributed by atoms with E-state index in [-0.39, 0.29) is 11.6 Å². The molecule has 0 aliphatic rings. The molecule has 0 radical (unpaired) electrons. The van der Waals surface area contributed by atoms with Crippen molar-refractivity contribution in [3.8, 4) is 5.75 Å². The van der Waals surface area contributed by atoms with Gasteiger partial charge < -0.3 is 15.0 Å². The molecule has 19 heavy (non-hydrogen) atoms. The van der Waals surface area contributed by atoms with Crippen LogP contribution in [-0.4, -0.2) is 43.0 Å². The number of ether oxygens (including phenoxy) is 1.